The molecule has 2 aromatic heterocycles. The number of rotatable bonds is 7. The van der Waals surface area contributed by atoms with Gasteiger partial charge in [0.1, 0.15) is 16.8 Å². The molecule has 0 spiro atoms. The molecule has 3 aromatic rings. The molecule has 1 unspecified atom stereocenters. The number of fused-ring (bicyclic) bond motifs is 1. The van der Waals surface area contributed by atoms with Gasteiger partial charge in [-0.15, -0.1) is 11.3 Å². The summed E-state index contributed by atoms with van der Waals surface area (Å²) in [4.78, 5) is 18.7. The second kappa shape index (κ2) is 7.76. The van der Waals surface area contributed by atoms with Gasteiger partial charge in [-0.05, 0) is 26.0 Å². The van der Waals surface area contributed by atoms with Crippen molar-refractivity contribution in [2.75, 3.05) is 13.7 Å². The van der Waals surface area contributed by atoms with Gasteiger partial charge in [-0.1, -0.05) is 17.3 Å². The van der Waals surface area contributed by atoms with Crippen LogP contribution >= 0.6 is 11.3 Å². The van der Waals surface area contributed by atoms with E-state index in [0.717, 1.165) is 16.1 Å². The summed E-state index contributed by atoms with van der Waals surface area (Å²) in [7, 11) is 1.77. The fourth-order valence-electron chi connectivity index (χ4n) is 2.58. The first-order valence-electron chi connectivity index (χ1n) is 8.21. The highest BCUT2D eigenvalue weighted by molar-refractivity contribution is 7.09. The average molecular weight is 359 g/mol. The fraction of sp³-hybridized carbons (Fsp3) is 0.389. The monoisotopic (exact) mass is 359 g/mol. The number of hydrogen-bond acceptors (Lipinski definition) is 6. The standard InChI is InChI=1S/C18H21N3O3S/c1-4-23-12(2)18-19-13(11-25-18)10-21(3)17(22)9-15-14-7-5-6-8-16(14)24-20-15/h5-8,11-12H,4,9-10H2,1-3H3. The fourth-order valence-corrected chi connectivity index (χ4v) is 3.39. The van der Waals surface area contributed by atoms with E-state index >= 15 is 0 Å². The van der Waals surface area contributed by atoms with E-state index in [2.05, 4.69) is 10.1 Å². The molecule has 7 heteroatoms. The number of para-hydroxylation sites is 1. The molecule has 6 nitrogen and oxygen atoms in total. The molecule has 0 saturated heterocycles. The summed E-state index contributed by atoms with van der Waals surface area (Å²) >= 11 is 1.56. The highest BCUT2D eigenvalue weighted by Crippen LogP contribution is 2.22. The molecule has 0 bridgehead atoms. The third-order valence-corrected chi connectivity index (χ3v) is 4.98. The predicted molar refractivity (Wildman–Crippen MR) is 96.3 cm³/mol. The zero-order valence-corrected chi connectivity index (χ0v) is 15.4. The lowest BCUT2D eigenvalue weighted by molar-refractivity contribution is -0.129. The molecule has 25 heavy (non-hydrogen) atoms. The van der Waals surface area contributed by atoms with Crippen molar-refractivity contribution in [1.29, 1.82) is 0 Å². The van der Waals surface area contributed by atoms with Crippen LogP contribution in [-0.2, 0) is 22.5 Å². The van der Waals surface area contributed by atoms with Gasteiger partial charge in [0, 0.05) is 24.4 Å². The van der Waals surface area contributed by atoms with Gasteiger partial charge >= 0.3 is 0 Å². The van der Waals surface area contributed by atoms with Gasteiger partial charge in [-0.25, -0.2) is 4.98 Å². The van der Waals surface area contributed by atoms with Crippen LogP contribution < -0.4 is 0 Å². The number of benzene rings is 1. The van der Waals surface area contributed by atoms with Crippen LogP contribution in [0.4, 0.5) is 0 Å². The molecule has 0 saturated carbocycles. The molecule has 0 aliphatic heterocycles. The first-order valence-corrected chi connectivity index (χ1v) is 9.09. The van der Waals surface area contributed by atoms with Crippen LogP contribution in [0.25, 0.3) is 11.0 Å². The smallest absolute Gasteiger partial charge is 0.228 e. The van der Waals surface area contributed by atoms with E-state index in [1.165, 1.54) is 0 Å². The number of nitrogens with zero attached hydrogens (tertiary/aromatic N) is 3. The van der Waals surface area contributed by atoms with Gasteiger partial charge in [-0.3, -0.25) is 4.79 Å². The second-order valence-corrected chi connectivity index (χ2v) is 6.72. The van der Waals surface area contributed by atoms with E-state index in [-0.39, 0.29) is 18.4 Å². The third kappa shape index (κ3) is 4.05. The van der Waals surface area contributed by atoms with Crippen molar-refractivity contribution in [3.63, 3.8) is 0 Å². The van der Waals surface area contributed by atoms with Crippen molar-refractivity contribution in [2.24, 2.45) is 0 Å². The summed E-state index contributed by atoms with van der Waals surface area (Å²) < 4.78 is 10.8. The lowest BCUT2D eigenvalue weighted by Crippen LogP contribution is -2.28. The van der Waals surface area contributed by atoms with Crippen molar-refractivity contribution in [3.8, 4) is 0 Å². The van der Waals surface area contributed by atoms with Crippen molar-refractivity contribution in [3.05, 3.63) is 46.0 Å². The SMILES string of the molecule is CCOC(C)c1nc(CN(C)C(=O)Cc2noc3ccccc23)cs1. The third-order valence-electron chi connectivity index (χ3n) is 3.93. The van der Waals surface area contributed by atoms with E-state index in [1.807, 2.05) is 43.5 Å². The number of amides is 1. The zero-order chi connectivity index (χ0) is 17.8. The van der Waals surface area contributed by atoms with Gasteiger partial charge < -0.3 is 14.2 Å². The highest BCUT2D eigenvalue weighted by atomic mass is 32.1. The van der Waals surface area contributed by atoms with Crippen LogP contribution in [-0.4, -0.2) is 34.6 Å². The Balaban J connectivity index is 1.63. The zero-order valence-electron chi connectivity index (χ0n) is 14.6. The Morgan fingerprint density at radius 3 is 3.00 bits per heavy atom. The Hall–Kier alpha value is -2.25. The summed E-state index contributed by atoms with van der Waals surface area (Å²) in [5.41, 5.74) is 2.23. The van der Waals surface area contributed by atoms with E-state index in [1.54, 1.807) is 23.3 Å². The normalized spacial score (nSPS) is 12.4. The van der Waals surface area contributed by atoms with Crippen molar-refractivity contribution in [2.45, 2.75) is 32.9 Å². The Morgan fingerprint density at radius 1 is 1.40 bits per heavy atom. The minimum Gasteiger partial charge on any atom is -0.372 e. The first-order chi connectivity index (χ1) is 12.1. The van der Waals surface area contributed by atoms with Crippen molar-refractivity contribution < 1.29 is 14.1 Å². The molecule has 1 aromatic carbocycles. The van der Waals surface area contributed by atoms with Crippen molar-refractivity contribution in [1.82, 2.24) is 15.0 Å². The maximum atomic E-state index is 12.5. The molecule has 1 atom stereocenters. The van der Waals surface area contributed by atoms with Gasteiger partial charge in [0.05, 0.1) is 18.7 Å². The Bertz CT molecular complexity index is 858. The van der Waals surface area contributed by atoms with Gasteiger partial charge in [0.15, 0.2) is 5.58 Å². The molecular formula is C18H21N3O3S. The van der Waals surface area contributed by atoms with E-state index in [0.29, 0.717) is 24.4 Å². The number of carbonyl (C=O) groups is 1. The maximum Gasteiger partial charge on any atom is 0.228 e. The molecule has 132 valence electrons. The van der Waals surface area contributed by atoms with Crippen molar-refractivity contribution >= 4 is 28.2 Å². The Labute approximate surface area is 150 Å². The number of likely N-dealkylation sites (N-methyl/N-ethyl adjacent to an activating group) is 1. The van der Waals surface area contributed by atoms with Crippen LogP contribution in [0.15, 0.2) is 34.2 Å². The Morgan fingerprint density at radius 2 is 2.20 bits per heavy atom. The lowest BCUT2D eigenvalue weighted by atomic mass is 10.1. The summed E-state index contributed by atoms with van der Waals surface area (Å²) in [6, 6.07) is 7.55. The van der Waals surface area contributed by atoms with Crippen LogP contribution in [0.3, 0.4) is 0 Å². The number of thiazole rings is 1. The number of ether oxygens (including phenoxy) is 1. The largest absolute Gasteiger partial charge is 0.372 e. The summed E-state index contributed by atoms with van der Waals surface area (Å²) in [5.74, 6) is -0.0218. The molecule has 2 heterocycles. The van der Waals surface area contributed by atoms with Crippen LogP contribution in [0.2, 0.25) is 0 Å². The summed E-state index contributed by atoms with van der Waals surface area (Å²) in [6.45, 7) is 5.06. The predicted octanol–water partition coefficient (Wildman–Crippen LogP) is 3.58. The molecule has 0 radical (unpaired) electrons. The van der Waals surface area contributed by atoms with Gasteiger partial charge in [0.2, 0.25) is 5.91 Å². The number of aromatic nitrogens is 2. The lowest BCUT2D eigenvalue weighted by Gasteiger charge is -2.15. The quantitative estimate of drug-likeness (QED) is 0.645. The number of carbonyl (C=O) groups excluding carboxylic acids is 1. The van der Waals surface area contributed by atoms with E-state index in [9.17, 15) is 4.79 Å². The minimum atomic E-state index is -0.0220. The summed E-state index contributed by atoms with van der Waals surface area (Å²) in [5, 5.41) is 7.80. The molecule has 3 rings (SSSR count). The minimum absolute atomic E-state index is 0.0218. The van der Waals surface area contributed by atoms with Crippen LogP contribution in [0.1, 0.15) is 36.3 Å². The first kappa shape index (κ1) is 17.6. The van der Waals surface area contributed by atoms with E-state index < -0.39 is 0 Å². The summed E-state index contributed by atoms with van der Waals surface area (Å²) in [6.07, 6.45) is 0.186. The average Bonchev–Trinajstić information content (AvgIpc) is 3.23. The van der Waals surface area contributed by atoms with Gasteiger partial charge in [0.25, 0.3) is 0 Å². The molecule has 0 aliphatic rings. The van der Waals surface area contributed by atoms with E-state index in [4.69, 9.17) is 9.26 Å². The Kier molecular flexibility index (Phi) is 5.45. The second-order valence-electron chi connectivity index (χ2n) is 5.83. The molecule has 0 fully saturated rings. The van der Waals surface area contributed by atoms with Gasteiger partial charge in [-0.2, -0.15) is 0 Å². The molecule has 1 amide bonds. The van der Waals surface area contributed by atoms with Crippen LogP contribution in [0, 0.1) is 0 Å². The number of hydrogen-bond donors (Lipinski definition) is 0. The molecular weight excluding hydrogens is 338 g/mol. The molecule has 0 N–H and O–H groups in total. The highest BCUT2D eigenvalue weighted by Gasteiger charge is 2.17. The maximum absolute atomic E-state index is 12.5. The molecule has 0 aliphatic carbocycles. The van der Waals surface area contributed by atoms with Crippen LogP contribution in [0.5, 0.6) is 0 Å². The topological polar surface area (TPSA) is 68.5 Å².